The Labute approximate surface area is 174 Å². The average Bonchev–Trinajstić information content (AvgIpc) is 2.65. The molecule has 0 aliphatic heterocycles. The molecule has 1 atom stereocenters. The van der Waals surface area contributed by atoms with Crippen LogP contribution in [0.5, 0.6) is 5.75 Å². The third-order valence-electron chi connectivity index (χ3n) is 4.37. The van der Waals surface area contributed by atoms with Crippen molar-refractivity contribution >= 4 is 17.7 Å². The predicted molar refractivity (Wildman–Crippen MR) is 100 cm³/mol. The van der Waals surface area contributed by atoms with Gasteiger partial charge < -0.3 is 9.47 Å². The van der Waals surface area contributed by atoms with Crippen molar-refractivity contribution in [2.75, 3.05) is 12.9 Å². The molecule has 1 aromatic carbocycles. The van der Waals surface area contributed by atoms with Crippen molar-refractivity contribution in [2.45, 2.75) is 48.8 Å². The third-order valence-corrected chi connectivity index (χ3v) is 5.12. The van der Waals surface area contributed by atoms with E-state index < -0.39 is 48.9 Å². The first-order valence-electron chi connectivity index (χ1n) is 8.89. The SMILES string of the molecule is CSc1ccc(OC(=O)C2=C(F)CC(C)(OCCCC(F)(F)C(F)(F)F)C=C2)cc1. The Morgan fingerprint density at radius 2 is 1.80 bits per heavy atom. The highest BCUT2D eigenvalue weighted by Crippen LogP contribution is 2.39. The van der Waals surface area contributed by atoms with Crippen molar-refractivity contribution in [1.29, 1.82) is 0 Å². The average molecular weight is 454 g/mol. The van der Waals surface area contributed by atoms with Crippen LogP contribution in [0.1, 0.15) is 26.2 Å². The molecule has 30 heavy (non-hydrogen) atoms. The molecule has 0 saturated heterocycles. The maximum atomic E-state index is 14.4. The van der Waals surface area contributed by atoms with E-state index in [1.54, 1.807) is 24.3 Å². The van der Waals surface area contributed by atoms with Gasteiger partial charge in [-0.3, -0.25) is 0 Å². The molecule has 0 N–H and O–H groups in total. The summed E-state index contributed by atoms with van der Waals surface area (Å²) < 4.78 is 87.1. The number of halogens is 6. The zero-order chi connectivity index (χ0) is 22.6. The van der Waals surface area contributed by atoms with Gasteiger partial charge in [-0.25, -0.2) is 9.18 Å². The molecule has 1 aromatic rings. The molecule has 1 aliphatic carbocycles. The quantitative estimate of drug-likeness (QED) is 0.153. The Morgan fingerprint density at radius 3 is 2.33 bits per heavy atom. The smallest absolute Gasteiger partial charge is 0.423 e. The van der Waals surface area contributed by atoms with Crippen LogP contribution in [0.4, 0.5) is 26.3 Å². The van der Waals surface area contributed by atoms with Crippen LogP contribution in [-0.2, 0) is 9.53 Å². The van der Waals surface area contributed by atoms with Crippen LogP contribution in [0.15, 0.2) is 52.7 Å². The van der Waals surface area contributed by atoms with E-state index in [-0.39, 0.29) is 17.7 Å². The van der Waals surface area contributed by atoms with Crippen LogP contribution < -0.4 is 4.74 Å². The van der Waals surface area contributed by atoms with Gasteiger partial charge in [0.05, 0.1) is 11.2 Å². The van der Waals surface area contributed by atoms with Crippen molar-refractivity contribution in [3.05, 3.63) is 47.8 Å². The second-order valence-corrected chi connectivity index (χ2v) is 7.74. The van der Waals surface area contributed by atoms with Gasteiger partial charge >= 0.3 is 18.1 Å². The van der Waals surface area contributed by atoms with Crippen LogP contribution >= 0.6 is 11.8 Å². The number of benzene rings is 1. The number of carbonyl (C=O) groups excluding carboxylic acids is 1. The number of hydrogen-bond acceptors (Lipinski definition) is 4. The second kappa shape index (κ2) is 9.47. The van der Waals surface area contributed by atoms with Crippen LogP contribution in [0.25, 0.3) is 0 Å². The Hall–Kier alpha value is -1.94. The van der Waals surface area contributed by atoms with E-state index in [4.69, 9.17) is 9.47 Å². The minimum absolute atomic E-state index is 0.238. The van der Waals surface area contributed by atoms with E-state index in [0.717, 1.165) is 11.0 Å². The summed E-state index contributed by atoms with van der Waals surface area (Å²) in [6.07, 6.45) is -3.61. The molecule has 0 radical (unpaired) electrons. The lowest BCUT2D eigenvalue weighted by atomic mass is 9.92. The highest BCUT2D eigenvalue weighted by atomic mass is 32.2. The van der Waals surface area contributed by atoms with Gasteiger partial charge in [0.1, 0.15) is 11.6 Å². The fourth-order valence-electron chi connectivity index (χ4n) is 2.64. The molecule has 0 heterocycles. The van der Waals surface area contributed by atoms with Gasteiger partial charge in [0.25, 0.3) is 0 Å². The molecule has 10 heteroatoms. The minimum Gasteiger partial charge on any atom is -0.423 e. The van der Waals surface area contributed by atoms with E-state index in [9.17, 15) is 31.1 Å². The molecule has 0 amide bonds. The molecular weight excluding hydrogens is 434 g/mol. The van der Waals surface area contributed by atoms with Crippen molar-refractivity contribution in [1.82, 2.24) is 0 Å². The number of esters is 1. The molecule has 0 spiro atoms. The van der Waals surface area contributed by atoms with Crippen LogP contribution in [0.3, 0.4) is 0 Å². The Bertz CT molecular complexity index is 817. The lowest BCUT2D eigenvalue weighted by Gasteiger charge is -2.29. The van der Waals surface area contributed by atoms with Crippen molar-refractivity contribution in [3.63, 3.8) is 0 Å². The second-order valence-electron chi connectivity index (χ2n) is 6.86. The summed E-state index contributed by atoms with van der Waals surface area (Å²) in [7, 11) is 0. The van der Waals surface area contributed by atoms with Crippen LogP contribution in [0.2, 0.25) is 0 Å². The Morgan fingerprint density at radius 1 is 1.17 bits per heavy atom. The van der Waals surface area contributed by atoms with Gasteiger partial charge in [-0.15, -0.1) is 11.8 Å². The van der Waals surface area contributed by atoms with Crippen LogP contribution in [-0.4, -0.2) is 36.5 Å². The largest absolute Gasteiger partial charge is 0.453 e. The molecular formula is C20H20F6O3S. The summed E-state index contributed by atoms with van der Waals surface area (Å²) >= 11 is 1.50. The van der Waals surface area contributed by atoms with Gasteiger partial charge in [0.2, 0.25) is 0 Å². The zero-order valence-electron chi connectivity index (χ0n) is 16.2. The summed E-state index contributed by atoms with van der Waals surface area (Å²) in [6.45, 7) is 1.01. The normalized spacial score (nSPS) is 19.9. The highest BCUT2D eigenvalue weighted by Gasteiger charge is 2.56. The topological polar surface area (TPSA) is 35.5 Å². The van der Waals surface area contributed by atoms with Gasteiger partial charge in [0.15, 0.2) is 0 Å². The Kier molecular flexibility index (Phi) is 7.68. The molecule has 0 saturated carbocycles. The molecule has 3 nitrogen and oxygen atoms in total. The van der Waals surface area contributed by atoms with Crippen molar-refractivity contribution in [3.8, 4) is 5.75 Å². The standard InChI is InChI=1S/C20H20F6O3S/c1-18(28-11-3-9-19(22,23)20(24,25)26)10-8-15(16(21)12-18)17(27)29-13-4-6-14(30-2)7-5-13/h4-8,10H,3,9,11-12H2,1-2H3. The lowest BCUT2D eigenvalue weighted by Crippen LogP contribution is -2.37. The van der Waals surface area contributed by atoms with E-state index >= 15 is 0 Å². The van der Waals surface area contributed by atoms with E-state index in [1.165, 1.54) is 24.8 Å². The first-order chi connectivity index (χ1) is 13.9. The summed E-state index contributed by atoms with van der Waals surface area (Å²) in [5.41, 5.74) is -1.59. The molecule has 1 aliphatic rings. The fraction of sp³-hybridized carbons (Fsp3) is 0.450. The third kappa shape index (κ3) is 6.28. The maximum absolute atomic E-state index is 14.4. The minimum atomic E-state index is -5.62. The zero-order valence-corrected chi connectivity index (χ0v) is 17.0. The molecule has 0 bridgehead atoms. The number of ether oxygens (including phenoxy) is 2. The summed E-state index contributed by atoms with van der Waals surface area (Å²) in [5, 5.41) is 0. The summed E-state index contributed by atoms with van der Waals surface area (Å²) in [5.74, 6) is -6.31. The fourth-order valence-corrected chi connectivity index (χ4v) is 3.05. The van der Waals surface area contributed by atoms with E-state index in [2.05, 4.69) is 0 Å². The van der Waals surface area contributed by atoms with Gasteiger partial charge in [-0.2, -0.15) is 22.0 Å². The number of carbonyl (C=O) groups is 1. The number of thioether (sulfide) groups is 1. The lowest BCUT2D eigenvalue weighted by molar-refractivity contribution is -0.285. The molecule has 1 unspecified atom stereocenters. The summed E-state index contributed by atoms with van der Waals surface area (Å²) in [4.78, 5) is 13.2. The molecule has 0 fully saturated rings. The number of hydrogen-bond donors (Lipinski definition) is 0. The van der Waals surface area contributed by atoms with Gasteiger partial charge in [-0.1, -0.05) is 6.08 Å². The van der Waals surface area contributed by atoms with E-state index in [0.29, 0.717) is 0 Å². The maximum Gasteiger partial charge on any atom is 0.453 e. The van der Waals surface area contributed by atoms with Crippen molar-refractivity contribution < 1.29 is 40.6 Å². The highest BCUT2D eigenvalue weighted by molar-refractivity contribution is 7.98. The number of rotatable bonds is 8. The van der Waals surface area contributed by atoms with Crippen LogP contribution in [0, 0.1) is 0 Å². The first-order valence-corrected chi connectivity index (χ1v) is 10.1. The Balaban J connectivity index is 1.90. The van der Waals surface area contributed by atoms with E-state index in [1.807, 2.05) is 6.26 Å². The molecule has 0 aromatic heterocycles. The summed E-state index contributed by atoms with van der Waals surface area (Å²) in [6, 6.07) is 6.61. The van der Waals surface area contributed by atoms with Gasteiger partial charge in [-0.05, 0) is 49.9 Å². The first kappa shape index (κ1) is 24.3. The molecule has 166 valence electrons. The predicted octanol–water partition coefficient (Wildman–Crippen LogP) is 6.25. The number of alkyl halides is 5. The monoisotopic (exact) mass is 454 g/mol. The molecule has 2 rings (SSSR count). The van der Waals surface area contributed by atoms with Crippen molar-refractivity contribution in [2.24, 2.45) is 0 Å². The van der Waals surface area contributed by atoms with Gasteiger partial charge in [0, 0.05) is 24.3 Å².